The zero-order valence-corrected chi connectivity index (χ0v) is 15.6. The van der Waals surface area contributed by atoms with E-state index in [9.17, 15) is 9.59 Å². The Balaban J connectivity index is 1.43. The minimum absolute atomic E-state index is 0.0137. The third-order valence-corrected chi connectivity index (χ3v) is 4.84. The van der Waals surface area contributed by atoms with Crippen molar-refractivity contribution >= 4 is 16.8 Å². The van der Waals surface area contributed by atoms with Crippen LogP contribution >= 0.6 is 0 Å². The van der Waals surface area contributed by atoms with Gasteiger partial charge in [0.15, 0.2) is 11.5 Å². The number of benzene rings is 2. The van der Waals surface area contributed by atoms with Crippen LogP contribution in [-0.4, -0.2) is 33.7 Å². The first kappa shape index (κ1) is 18.0. The summed E-state index contributed by atoms with van der Waals surface area (Å²) in [6.45, 7) is 3.53. The summed E-state index contributed by atoms with van der Waals surface area (Å²) in [7, 11) is 0. The Morgan fingerprint density at radius 2 is 2.00 bits per heavy atom. The van der Waals surface area contributed by atoms with Crippen molar-refractivity contribution in [2.45, 2.75) is 26.4 Å². The lowest BCUT2D eigenvalue weighted by molar-refractivity contribution is -0.131. The molecule has 4 rings (SSSR count). The van der Waals surface area contributed by atoms with Gasteiger partial charge in [0.1, 0.15) is 0 Å². The Kier molecular flexibility index (Phi) is 4.97. The first-order valence-corrected chi connectivity index (χ1v) is 9.26. The number of para-hydroxylation sites is 1. The molecule has 0 bridgehead atoms. The van der Waals surface area contributed by atoms with Crippen molar-refractivity contribution in [1.82, 2.24) is 14.5 Å². The van der Waals surface area contributed by atoms with E-state index in [1.165, 1.54) is 10.9 Å². The second-order valence-electron chi connectivity index (χ2n) is 6.61. The molecule has 7 heteroatoms. The monoisotopic (exact) mass is 379 g/mol. The Morgan fingerprint density at radius 1 is 1.18 bits per heavy atom. The Hall–Kier alpha value is -3.35. The average molecular weight is 379 g/mol. The van der Waals surface area contributed by atoms with E-state index in [0.717, 1.165) is 11.3 Å². The topological polar surface area (TPSA) is 73.7 Å². The second kappa shape index (κ2) is 7.72. The highest BCUT2D eigenvalue weighted by Crippen LogP contribution is 2.32. The van der Waals surface area contributed by atoms with Gasteiger partial charge < -0.3 is 14.4 Å². The molecule has 0 atom stereocenters. The van der Waals surface area contributed by atoms with Gasteiger partial charge in [0.25, 0.3) is 5.56 Å². The largest absolute Gasteiger partial charge is 0.454 e. The predicted molar refractivity (Wildman–Crippen MR) is 104 cm³/mol. The van der Waals surface area contributed by atoms with Gasteiger partial charge in [0.2, 0.25) is 12.7 Å². The SMILES string of the molecule is CCN(Cc1ccc2c(c1)OCO2)C(=O)CCn1cnc2ccccc2c1=O. The van der Waals surface area contributed by atoms with Crippen LogP contribution < -0.4 is 15.0 Å². The van der Waals surface area contributed by atoms with E-state index in [0.29, 0.717) is 36.3 Å². The van der Waals surface area contributed by atoms with Crippen molar-refractivity contribution in [3.05, 3.63) is 64.7 Å². The van der Waals surface area contributed by atoms with Crippen LogP contribution in [0.5, 0.6) is 11.5 Å². The van der Waals surface area contributed by atoms with Crippen molar-refractivity contribution < 1.29 is 14.3 Å². The molecule has 0 saturated heterocycles. The fourth-order valence-corrected chi connectivity index (χ4v) is 3.28. The van der Waals surface area contributed by atoms with E-state index in [1.54, 1.807) is 17.0 Å². The average Bonchev–Trinajstić information content (AvgIpc) is 3.19. The molecule has 0 radical (unpaired) electrons. The fraction of sp³-hybridized carbons (Fsp3) is 0.286. The molecule has 7 nitrogen and oxygen atoms in total. The van der Waals surface area contributed by atoms with Gasteiger partial charge in [-0.1, -0.05) is 18.2 Å². The van der Waals surface area contributed by atoms with Crippen LogP contribution in [0.3, 0.4) is 0 Å². The summed E-state index contributed by atoms with van der Waals surface area (Å²) in [5.74, 6) is 1.41. The van der Waals surface area contributed by atoms with E-state index >= 15 is 0 Å². The van der Waals surface area contributed by atoms with E-state index in [1.807, 2.05) is 37.3 Å². The van der Waals surface area contributed by atoms with Gasteiger partial charge in [-0.05, 0) is 36.8 Å². The summed E-state index contributed by atoms with van der Waals surface area (Å²) in [5, 5.41) is 0.560. The van der Waals surface area contributed by atoms with Crippen molar-refractivity contribution in [1.29, 1.82) is 0 Å². The standard InChI is InChI=1S/C21H21N3O4/c1-2-23(12-15-7-8-18-19(11-15)28-14-27-18)20(25)9-10-24-13-22-17-6-4-3-5-16(17)21(24)26/h3-8,11,13H,2,9-10,12,14H2,1H3. The highest BCUT2D eigenvalue weighted by Gasteiger charge is 2.17. The zero-order chi connectivity index (χ0) is 19.5. The van der Waals surface area contributed by atoms with Crippen LogP contribution in [0.25, 0.3) is 10.9 Å². The third-order valence-electron chi connectivity index (χ3n) is 4.84. The number of hydrogen-bond acceptors (Lipinski definition) is 5. The molecule has 0 unspecified atom stereocenters. The number of aryl methyl sites for hydroxylation is 1. The van der Waals surface area contributed by atoms with Crippen molar-refractivity contribution in [3.8, 4) is 11.5 Å². The zero-order valence-electron chi connectivity index (χ0n) is 15.6. The van der Waals surface area contributed by atoms with Crippen LogP contribution in [0.1, 0.15) is 18.9 Å². The number of amides is 1. The minimum atomic E-state index is -0.128. The highest BCUT2D eigenvalue weighted by atomic mass is 16.7. The van der Waals surface area contributed by atoms with Gasteiger partial charge in [-0.25, -0.2) is 4.98 Å². The Bertz CT molecular complexity index is 1080. The number of ether oxygens (including phenoxy) is 2. The molecule has 1 aliphatic heterocycles. The van der Waals surface area contributed by atoms with Crippen LogP contribution in [0.15, 0.2) is 53.6 Å². The molecule has 0 spiro atoms. The number of rotatable bonds is 6. The summed E-state index contributed by atoms with van der Waals surface area (Å²) >= 11 is 0. The van der Waals surface area contributed by atoms with E-state index < -0.39 is 0 Å². The maximum atomic E-state index is 12.7. The first-order valence-electron chi connectivity index (χ1n) is 9.26. The summed E-state index contributed by atoms with van der Waals surface area (Å²) in [6.07, 6.45) is 1.74. The molecule has 2 aromatic carbocycles. The number of fused-ring (bicyclic) bond motifs is 2. The van der Waals surface area contributed by atoms with E-state index in [-0.39, 0.29) is 24.7 Å². The van der Waals surface area contributed by atoms with Crippen LogP contribution in [-0.2, 0) is 17.9 Å². The number of hydrogen-bond donors (Lipinski definition) is 0. The van der Waals surface area contributed by atoms with Gasteiger partial charge in [-0.2, -0.15) is 0 Å². The molecule has 1 aliphatic rings. The van der Waals surface area contributed by atoms with Crippen molar-refractivity contribution in [2.75, 3.05) is 13.3 Å². The van der Waals surface area contributed by atoms with Gasteiger partial charge in [-0.15, -0.1) is 0 Å². The second-order valence-corrected chi connectivity index (χ2v) is 6.61. The summed E-state index contributed by atoms with van der Waals surface area (Å²) < 4.78 is 12.2. The lowest BCUT2D eigenvalue weighted by Gasteiger charge is -2.21. The van der Waals surface area contributed by atoms with Gasteiger partial charge in [0, 0.05) is 26.1 Å². The first-order chi connectivity index (χ1) is 13.7. The van der Waals surface area contributed by atoms with Gasteiger partial charge in [0.05, 0.1) is 17.2 Å². The summed E-state index contributed by atoms with van der Waals surface area (Å²) in [6, 6.07) is 12.9. The van der Waals surface area contributed by atoms with Crippen LogP contribution in [0.2, 0.25) is 0 Å². The normalized spacial score (nSPS) is 12.3. The maximum Gasteiger partial charge on any atom is 0.261 e. The quantitative estimate of drug-likeness (QED) is 0.658. The molecule has 1 amide bonds. The Labute approximate surface area is 162 Å². The lowest BCUT2D eigenvalue weighted by atomic mass is 10.2. The molecule has 0 saturated carbocycles. The minimum Gasteiger partial charge on any atom is -0.454 e. The predicted octanol–water partition coefficient (Wildman–Crippen LogP) is 2.56. The molecule has 0 aliphatic carbocycles. The maximum absolute atomic E-state index is 12.7. The lowest BCUT2D eigenvalue weighted by Crippen LogP contribution is -2.32. The molecule has 3 aromatic rings. The molecule has 144 valence electrons. The third kappa shape index (κ3) is 3.55. The molecular weight excluding hydrogens is 358 g/mol. The highest BCUT2D eigenvalue weighted by molar-refractivity contribution is 5.77. The smallest absolute Gasteiger partial charge is 0.261 e. The summed E-state index contributed by atoms with van der Waals surface area (Å²) in [5.41, 5.74) is 1.51. The summed E-state index contributed by atoms with van der Waals surface area (Å²) in [4.78, 5) is 31.3. The van der Waals surface area contributed by atoms with Crippen molar-refractivity contribution in [2.24, 2.45) is 0 Å². The van der Waals surface area contributed by atoms with Crippen molar-refractivity contribution in [3.63, 3.8) is 0 Å². The Morgan fingerprint density at radius 3 is 2.86 bits per heavy atom. The number of aromatic nitrogens is 2. The van der Waals surface area contributed by atoms with Crippen LogP contribution in [0.4, 0.5) is 0 Å². The number of carbonyl (C=O) groups is 1. The van der Waals surface area contributed by atoms with Crippen LogP contribution in [0, 0.1) is 0 Å². The number of nitrogens with zero attached hydrogens (tertiary/aromatic N) is 3. The molecule has 28 heavy (non-hydrogen) atoms. The molecular formula is C21H21N3O4. The number of carbonyl (C=O) groups excluding carboxylic acids is 1. The van der Waals surface area contributed by atoms with Gasteiger partial charge >= 0.3 is 0 Å². The van der Waals surface area contributed by atoms with Gasteiger partial charge in [-0.3, -0.25) is 14.2 Å². The molecule has 2 heterocycles. The molecule has 0 fully saturated rings. The molecule has 1 aromatic heterocycles. The molecule has 0 N–H and O–H groups in total. The fourth-order valence-electron chi connectivity index (χ4n) is 3.28. The van der Waals surface area contributed by atoms with E-state index in [2.05, 4.69) is 4.98 Å². The van der Waals surface area contributed by atoms with E-state index in [4.69, 9.17) is 9.47 Å².